The van der Waals surface area contributed by atoms with Crippen molar-refractivity contribution in [3.8, 4) is 0 Å². The van der Waals surface area contributed by atoms with E-state index in [1.807, 2.05) is 28.8 Å². The Labute approximate surface area is 181 Å². The molecule has 4 rings (SSSR count). The minimum absolute atomic E-state index is 0.208. The van der Waals surface area contributed by atoms with Crippen molar-refractivity contribution in [2.45, 2.75) is 37.0 Å². The highest BCUT2D eigenvalue weighted by Crippen LogP contribution is 2.33. The van der Waals surface area contributed by atoms with Crippen LogP contribution in [-0.2, 0) is 24.9 Å². The molecule has 3 aromatic heterocycles. The standard InChI is InChI=1S/C22H19F3N4OS/c1-15-7-8-16(11-19(15)22(23,24)25)14-31-21-28-27-20(12-17-5-2-3-9-26-17)29(21)13-18-6-4-10-30-18/h2-11H,12-14H2,1H3. The molecule has 0 N–H and O–H groups in total. The quantitative estimate of drug-likeness (QED) is 0.351. The fraction of sp³-hybridized carbons (Fsp3) is 0.227. The number of rotatable bonds is 7. The summed E-state index contributed by atoms with van der Waals surface area (Å²) in [4.78, 5) is 4.34. The summed E-state index contributed by atoms with van der Waals surface area (Å²) in [5.74, 6) is 1.78. The van der Waals surface area contributed by atoms with Gasteiger partial charge in [0.2, 0.25) is 0 Å². The summed E-state index contributed by atoms with van der Waals surface area (Å²) < 4.78 is 47.1. The van der Waals surface area contributed by atoms with Crippen LogP contribution in [0.25, 0.3) is 0 Å². The summed E-state index contributed by atoms with van der Waals surface area (Å²) >= 11 is 1.34. The van der Waals surface area contributed by atoms with Gasteiger partial charge in [0.1, 0.15) is 11.6 Å². The van der Waals surface area contributed by atoms with Gasteiger partial charge in [-0.15, -0.1) is 10.2 Å². The Hall–Kier alpha value is -3.07. The lowest BCUT2D eigenvalue weighted by Crippen LogP contribution is -2.08. The number of halogens is 3. The van der Waals surface area contributed by atoms with Crippen LogP contribution in [0, 0.1) is 6.92 Å². The predicted molar refractivity (Wildman–Crippen MR) is 111 cm³/mol. The molecule has 0 bridgehead atoms. The van der Waals surface area contributed by atoms with E-state index in [1.54, 1.807) is 24.6 Å². The van der Waals surface area contributed by atoms with Crippen LogP contribution >= 0.6 is 11.8 Å². The van der Waals surface area contributed by atoms with Crippen molar-refractivity contribution in [3.05, 3.63) is 95.0 Å². The van der Waals surface area contributed by atoms with Gasteiger partial charge in [-0.3, -0.25) is 9.55 Å². The van der Waals surface area contributed by atoms with E-state index in [0.717, 1.165) is 11.5 Å². The zero-order valence-electron chi connectivity index (χ0n) is 16.6. The highest BCUT2D eigenvalue weighted by Gasteiger charge is 2.32. The van der Waals surface area contributed by atoms with Crippen LogP contribution in [0.15, 0.2) is 70.6 Å². The molecule has 5 nitrogen and oxygen atoms in total. The van der Waals surface area contributed by atoms with Gasteiger partial charge in [-0.2, -0.15) is 13.2 Å². The average Bonchev–Trinajstić information content (AvgIpc) is 3.38. The predicted octanol–water partition coefficient (Wildman–Crippen LogP) is 5.52. The number of thioether (sulfide) groups is 1. The molecule has 0 saturated heterocycles. The second-order valence-electron chi connectivity index (χ2n) is 7.00. The Bertz CT molecular complexity index is 1140. The Balaban J connectivity index is 1.58. The second-order valence-corrected chi connectivity index (χ2v) is 7.94. The zero-order chi connectivity index (χ0) is 21.8. The van der Waals surface area contributed by atoms with Crippen molar-refractivity contribution < 1.29 is 17.6 Å². The molecule has 0 fully saturated rings. The molecule has 0 saturated carbocycles. The first-order valence-corrected chi connectivity index (χ1v) is 10.5. The Kier molecular flexibility index (Phi) is 6.13. The average molecular weight is 444 g/mol. The number of aromatic nitrogens is 4. The summed E-state index contributed by atoms with van der Waals surface area (Å²) in [5, 5.41) is 9.19. The molecule has 0 unspecified atom stereocenters. The van der Waals surface area contributed by atoms with Gasteiger partial charge >= 0.3 is 6.18 Å². The molecule has 0 atom stereocenters. The Morgan fingerprint density at radius 2 is 1.94 bits per heavy atom. The monoisotopic (exact) mass is 444 g/mol. The SMILES string of the molecule is Cc1ccc(CSc2nnc(Cc3ccccn3)n2Cc2ccco2)cc1C(F)(F)F. The van der Waals surface area contributed by atoms with E-state index in [2.05, 4.69) is 15.2 Å². The lowest BCUT2D eigenvalue weighted by molar-refractivity contribution is -0.138. The van der Waals surface area contributed by atoms with Crippen molar-refractivity contribution in [2.75, 3.05) is 0 Å². The molecule has 0 radical (unpaired) electrons. The summed E-state index contributed by atoms with van der Waals surface area (Å²) in [7, 11) is 0. The number of pyridine rings is 1. The highest BCUT2D eigenvalue weighted by atomic mass is 32.2. The van der Waals surface area contributed by atoms with E-state index in [9.17, 15) is 13.2 Å². The number of nitrogens with zero attached hydrogens (tertiary/aromatic N) is 4. The van der Waals surface area contributed by atoms with Crippen LogP contribution < -0.4 is 0 Å². The third-order valence-electron chi connectivity index (χ3n) is 4.73. The van der Waals surface area contributed by atoms with E-state index >= 15 is 0 Å². The van der Waals surface area contributed by atoms with Gasteiger partial charge in [0.25, 0.3) is 0 Å². The van der Waals surface area contributed by atoms with Gasteiger partial charge in [0, 0.05) is 17.6 Å². The maximum absolute atomic E-state index is 13.2. The fourth-order valence-corrected chi connectivity index (χ4v) is 4.05. The van der Waals surface area contributed by atoms with Crippen molar-refractivity contribution in [1.82, 2.24) is 19.7 Å². The first-order chi connectivity index (χ1) is 14.9. The molecule has 9 heteroatoms. The number of hydrogen-bond donors (Lipinski definition) is 0. The molecule has 31 heavy (non-hydrogen) atoms. The molecule has 4 aromatic rings. The topological polar surface area (TPSA) is 56.7 Å². The van der Waals surface area contributed by atoms with E-state index in [1.165, 1.54) is 30.8 Å². The van der Waals surface area contributed by atoms with E-state index in [0.29, 0.717) is 35.3 Å². The number of furan rings is 1. The normalized spacial score (nSPS) is 11.7. The molecule has 160 valence electrons. The van der Waals surface area contributed by atoms with Crippen LogP contribution in [0.4, 0.5) is 13.2 Å². The lowest BCUT2D eigenvalue weighted by atomic mass is 10.1. The van der Waals surface area contributed by atoms with Crippen LogP contribution in [0.1, 0.15) is 34.0 Å². The van der Waals surface area contributed by atoms with E-state index in [4.69, 9.17) is 4.42 Å². The van der Waals surface area contributed by atoms with Crippen LogP contribution in [0.3, 0.4) is 0 Å². The van der Waals surface area contributed by atoms with Gasteiger partial charge in [-0.1, -0.05) is 30.0 Å². The summed E-state index contributed by atoms with van der Waals surface area (Å²) in [5.41, 5.74) is 1.01. The molecule has 0 spiro atoms. The molecule has 0 aliphatic carbocycles. The maximum atomic E-state index is 13.2. The first-order valence-electron chi connectivity index (χ1n) is 9.54. The highest BCUT2D eigenvalue weighted by molar-refractivity contribution is 7.98. The molecule has 0 amide bonds. The van der Waals surface area contributed by atoms with Gasteiger partial charge < -0.3 is 4.42 Å². The van der Waals surface area contributed by atoms with Crippen molar-refractivity contribution in [3.63, 3.8) is 0 Å². The smallest absolute Gasteiger partial charge is 0.416 e. The Morgan fingerprint density at radius 3 is 2.65 bits per heavy atom. The van der Waals surface area contributed by atoms with Crippen LogP contribution in [0.5, 0.6) is 0 Å². The first kappa shape index (κ1) is 21.2. The van der Waals surface area contributed by atoms with Crippen molar-refractivity contribution in [2.24, 2.45) is 0 Å². The van der Waals surface area contributed by atoms with Gasteiger partial charge in [0.05, 0.1) is 24.8 Å². The number of hydrogen-bond acceptors (Lipinski definition) is 5. The minimum Gasteiger partial charge on any atom is -0.467 e. The minimum atomic E-state index is -4.38. The molecular formula is C22H19F3N4OS. The molecule has 0 aliphatic rings. The Morgan fingerprint density at radius 1 is 1.06 bits per heavy atom. The second kappa shape index (κ2) is 8.97. The number of aryl methyl sites for hydroxylation is 1. The van der Waals surface area contributed by atoms with E-state index in [-0.39, 0.29) is 5.56 Å². The maximum Gasteiger partial charge on any atom is 0.416 e. The van der Waals surface area contributed by atoms with Crippen LogP contribution in [-0.4, -0.2) is 19.7 Å². The molecular weight excluding hydrogens is 425 g/mol. The summed E-state index contributed by atoms with van der Waals surface area (Å²) in [6.45, 7) is 1.88. The largest absolute Gasteiger partial charge is 0.467 e. The third-order valence-corrected chi connectivity index (χ3v) is 5.77. The van der Waals surface area contributed by atoms with Gasteiger partial charge in [-0.05, 0) is 48.4 Å². The molecule has 1 aromatic carbocycles. The van der Waals surface area contributed by atoms with E-state index < -0.39 is 11.7 Å². The number of alkyl halides is 3. The van der Waals surface area contributed by atoms with Crippen LogP contribution in [0.2, 0.25) is 0 Å². The van der Waals surface area contributed by atoms with Crippen molar-refractivity contribution >= 4 is 11.8 Å². The third kappa shape index (κ3) is 5.16. The van der Waals surface area contributed by atoms with Gasteiger partial charge in [0.15, 0.2) is 5.16 Å². The summed E-state index contributed by atoms with van der Waals surface area (Å²) in [6.07, 6.45) is -0.582. The number of benzene rings is 1. The molecule has 0 aliphatic heterocycles. The van der Waals surface area contributed by atoms with Gasteiger partial charge in [-0.25, -0.2) is 0 Å². The summed E-state index contributed by atoms with van der Waals surface area (Å²) in [6, 6.07) is 13.7. The van der Waals surface area contributed by atoms with Crippen molar-refractivity contribution in [1.29, 1.82) is 0 Å². The lowest BCUT2D eigenvalue weighted by Gasteiger charge is -2.12. The zero-order valence-corrected chi connectivity index (χ0v) is 17.5. The molecule has 3 heterocycles. The fourth-order valence-electron chi connectivity index (χ4n) is 3.15.